The van der Waals surface area contributed by atoms with Gasteiger partial charge in [-0.1, -0.05) is 0 Å². The zero-order valence-corrected chi connectivity index (χ0v) is 5.85. The van der Waals surface area contributed by atoms with Crippen molar-refractivity contribution in [2.24, 2.45) is 0 Å². The summed E-state index contributed by atoms with van der Waals surface area (Å²) >= 11 is 0. The molecule has 0 spiro atoms. The summed E-state index contributed by atoms with van der Waals surface area (Å²) in [6, 6.07) is 0. The van der Waals surface area contributed by atoms with Crippen molar-refractivity contribution in [2.45, 2.75) is 0 Å². The fourth-order valence-electron chi connectivity index (χ4n) is 0. The quantitative estimate of drug-likeness (QED) is 0.508. The molecule has 0 aromatic heterocycles. The van der Waals surface area contributed by atoms with Gasteiger partial charge in [-0.3, -0.25) is 0 Å². The van der Waals surface area contributed by atoms with Crippen LogP contribution in [-0.4, -0.2) is 0 Å². The van der Waals surface area contributed by atoms with Gasteiger partial charge in [0.2, 0.25) is 0 Å². The molecule has 1 radical (unpaired) electrons. The van der Waals surface area contributed by atoms with Crippen LogP contribution < -0.4 is 0 Å². The number of hydrogen-bond donors (Lipinski definition) is 0. The largest absolute Gasteiger partial charge is 0 e. The first-order chi connectivity index (χ1) is 0. The van der Waals surface area contributed by atoms with Crippen LogP contribution in [0.1, 0.15) is 0 Å². The van der Waals surface area contributed by atoms with E-state index in [1.54, 1.807) is 0 Å². The molecule has 0 nitrogen and oxygen atoms in total. The molecule has 33 valence electrons. The summed E-state index contributed by atoms with van der Waals surface area (Å²) in [6.07, 6.45) is 0. The van der Waals surface area contributed by atoms with Gasteiger partial charge in [0.25, 0.3) is 0 Å². The van der Waals surface area contributed by atoms with Crippen molar-refractivity contribution in [2.75, 3.05) is 0 Å². The molecule has 0 aromatic rings. The van der Waals surface area contributed by atoms with E-state index in [-0.39, 0.29) is 67.4 Å². The summed E-state index contributed by atoms with van der Waals surface area (Å²) in [6.45, 7) is 0. The third-order valence-corrected chi connectivity index (χ3v) is 0. The van der Waals surface area contributed by atoms with Gasteiger partial charge in [0.05, 0.1) is 0 Å². The maximum Gasteiger partial charge on any atom is 0 e. The van der Waals surface area contributed by atoms with Crippen LogP contribution in [0.5, 0.6) is 0 Å². The minimum Gasteiger partial charge on any atom is 0 e. The van der Waals surface area contributed by atoms with Crippen molar-refractivity contribution in [1.82, 2.24) is 0 Å². The molecule has 0 bridgehead atoms. The molecule has 0 aromatic carbocycles. The Morgan fingerprint density at radius 3 is 0.750 bits per heavy atom. The van der Waals surface area contributed by atoms with Gasteiger partial charge in [-0.2, -0.15) is 0 Å². The number of hydrogen-bond acceptors (Lipinski definition) is 0. The molecule has 0 amide bonds. The second-order valence-electron chi connectivity index (χ2n) is 0. The molecule has 0 saturated carbocycles. The maximum absolute atomic E-state index is 0. The van der Waals surface area contributed by atoms with Gasteiger partial charge in [0.15, 0.2) is 0 Å². The van der Waals surface area contributed by atoms with Gasteiger partial charge in [0.1, 0.15) is 0 Å². The van der Waals surface area contributed by atoms with E-state index in [2.05, 4.69) is 0 Å². The molecule has 0 aliphatic heterocycles. The van der Waals surface area contributed by atoms with Gasteiger partial charge in [-0.15, -0.1) is 0 Å². The van der Waals surface area contributed by atoms with Crippen LogP contribution in [0.15, 0.2) is 0 Å². The van der Waals surface area contributed by atoms with E-state index in [1.807, 2.05) is 0 Å². The first-order valence-corrected chi connectivity index (χ1v) is 0. The predicted octanol–water partition coefficient (Wildman–Crippen LogP) is -0.0100. The van der Waals surface area contributed by atoms with Crippen molar-refractivity contribution >= 4 is 0 Å². The second kappa shape index (κ2) is 19.8. The third kappa shape index (κ3) is 8.97. The molecule has 0 heterocycles. The van der Waals surface area contributed by atoms with Crippen LogP contribution in [-0.2, 0) is 67.4 Å². The molecule has 0 rings (SSSR count). The Morgan fingerprint density at radius 1 is 0.750 bits per heavy atom. The molecular formula is CrMnNi2. The van der Waals surface area contributed by atoms with Gasteiger partial charge >= 0.3 is 0 Å². The van der Waals surface area contributed by atoms with E-state index in [9.17, 15) is 0 Å². The van der Waals surface area contributed by atoms with Gasteiger partial charge in [-0.25, -0.2) is 0 Å². The predicted molar refractivity (Wildman–Crippen MR) is 0 cm³/mol. The molecule has 0 aliphatic rings. The van der Waals surface area contributed by atoms with E-state index in [1.165, 1.54) is 0 Å². The Morgan fingerprint density at radius 2 is 0.750 bits per heavy atom. The molecule has 4 heavy (non-hydrogen) atoms. The van der Waals surface area contributed by atoms with E-state index >= 15 is 0 Å². The Balaban J connectivity index is 0. The smallest absolute Gasteiger partial charge is 0 e. The zero-order valence-electron chi connectivity index (χ0n) is 1.42. The van der Waals surface area contributed by atoms with Crippen molar-refractivity contribution in [3.8, 4) is 0 Å². The average Bonchev–Trinajstić information content (AvgIpc) is 0. The Kier molecular flexibility index (Phi) is 182. The van der Waals surface area contributed by atoms with Crippen LogP contribution in [0.3, 0.4) is 0 Å². The fraction of sp³-hybridized carbons (Fsp3) is 0. The molecule has 0 saturated heterocycles. The van der Waals surface area contributed by atoms with Crippen LogP contribution in [0.4, 0.5) is 0 Å². The Bertz CT molecular complexity index is 6.00. The summed E-state index contributed by atoms with van der Waals surface area (Å²) in [5.74, 6) is 0. The summed E-state index contributed by atoms with van der Waals surface area (Å²) in [7, 11) is 0. The minimum absolute atomic E-state index is 0. The van der Waals surface area contributed by atoms with Crippen molar-refractivity contribution < 1.29 is 67.4 Å². The molecule has 4 heteroatoms. The molecular weight excluding hydrogens is 224 g/mol. The van der Waals surface area contributed by atoms with Crippen molar-refractivity contribution in [3.63, 3.8) is 0 Å². The van der Waals surface area contributed by atoms with E-state index in [0.717, 1.165) is 0 Å². The van der Waals surface area contributed by atoms with E-state index in [0.29, 0.717) is 0 Å². The first kappa shape index (κ1) is 36.9. The number of rotatable bonds is 0. The summed E-state index contributed by atoms with van der Waals surface area (Å²) in [5.41, 5.74) is 0. The van der Waals surface area contributed by atoms with E-state index in [4.69, 9.17) is 0 Å². The van der Waals surface area contributed by atoms with Crippen molar-refractivity contribution in [3.05, 3.63) is 0 Å². The Hall–Kier alpha value is 2.04. The average molecular weight is 224 g/mol. The molecule has 0 atom stereocenters. The third-order valence-electron chi connectivity index (χ3n) is 0. The van der Waals surface area contributed by atoms with Crippen molar-refractivity contribution in [1.29, 1.82) is 0 Å². The SMILES string of the molecule is [Cr].[Mn].[Ni].[Ni]. The van der Waals surface area contributed by atoms with Crippen LogP contribution in [0, 0.1) is 0 Å². The van der Waals surface area contributed by atoms with Gasteiger partial charge in [-0.05, 0) is 0 Å². The molecule has 0 N–H and O–H groups in total. The molecule has 0 fully saturated rings. The van der Waals surface area contributed by atoms with Crippen LogP contribution in [0.2, 0.25) is 0 Å². The second-order valence-corrected chi connectivity index (χ2v) is 0. The van der Waals surface area contributed by atoms with Gasteiger partial charge in [0, 0.05) is 67.4 Å². The first-order valence-electron chi connectivity index (χ1n) is 0. The van der Waals surface area contributed by atoms with Crippen LogP contribution >= 0.6 is 0 Å². The minimum atomic E-state index is 0. The maximum atomic E-state index is 0. The normalized spacial score (nSPS) is 0. The standard InChI is InChI=1S/Cr.Mn.2Ni. The molecule has 0 unspecified atom stereocenters. The van der Waals surface area contributed by atoms with Crippen LogP contribution in [0.25, 0.3) is 0 Å². The monoisotopic (exact) mass is 223 g/mol. The van der Waals surface area contributed by atoms with Gasteiger partial charge < -0.3 is 0 Å². The Labute approximate surface area is 66.9 Å². The van der Waals surface area contributed by atoms with E-state index < -0.39 is 0 Å². The summed E-state index contributed by atoms with van der Waals surface area (Å²) < 4.78 is 0. The summed E-state index contributed by atoms with van der Waals surface area (Å²) in [4.78, 5) is 0. The summed E-state index contributed by atoms with van der Waals surface area (Å²) in [5, 5.41) is 0. The zero-order chi connectivity index (χ0) is 0. The molecule has 0 aliphatic carbocycles. The fourth-order valence-corrected chi connectivity index (χ4v) is 0. The topological polar surface area (TPSA) is 0 Å².